The Morgan fingerprint density at radius 1 is 1.69 bits per heavy atom. The van der Waals surface area contributed by atoms with Crippen molar-refractivity contribution < 1.29 is 4.74 Å². The van der Waals surface area contributed by atoms with Gasteiger partial charge in [-0.05, 0) is 20.3 Å². The van der Waals surface area contributed by atoms with Crippen LogP contribution in [-0.2, 0) is 4.74 Å². The van der Waals surface area contributed by atoms with Crippen molar-refractivity contribution in [2.45, 2.75) is 38.8 Å². The summed E-state index contributed by atoms with van der Waals surface area (Å²) in [4.78, 5) is 2.19. The molecule has 74 valence electrons. The first kappa shape index (κ1) is 10.5. The van der Waals surface area contributed by atoms with Crippen LogP contribution in [0.3, 0.4) is 0 Å². The molecule has 1 heterocycles. The van der Waals surface area contributed by atoms with Gasteiger partial charge in [0.25, 0.3) is 0 Å². The highest BCUT2D eigenvalue weighted by atomic mass is 16.5. The zero-order valence-corrected chi connectivity index (χ0v) is 8.71. The Hall–Kier alpha value is -0.590. The lowest BCUT2D eigenvalue weighted by molar-refractivity contribution is -0.103. The SMILES string of the molecule is CCC1(C)CN(C(C)C#N)CCO1. The molecule has 0 amide bonds. The summed E-state index contributed by atoms with van der Waals surface area (Å²) in [5, 5.41) is 8.80. The molecule has 2 atom stereocenters. The number of rotatable bonds is 2. The Labute approximate surface area is 80.3 Å². The largest absolute Gasteiger partial charge is 0.373 e. The predicted octanol–water partition coefficient (Wildman–Crippen LogP) is 1.40. The standard InChI is InChI=1S/C10H18N2O/c1-4-10(3)8-12(5-6-13-10)9(2)7-11/h9H,4-6,8H2,1-3H3. The molecule has 0 radical (unpaired) electrons. The minimum atomic E-state index is -0.0522. The molecule has 1 saturated heterocycles. The van der Waals surface area contributed by atoms with E-state index in [0.717, 1.165) is 26.1 Å². The molecule has 3 nitrogen and oxygen atoms in total. The van der Waals surface area contributed by atoms with E-state index in [1.54, 1.807) is 0 Å². The van der Waals surface area contributed by atoms with Gasteiger partial charge in [0.2, 0.25) is 0 Å². The van der Waals surface area contributed by atoms with Crippen LogP contribution in [-0.4, -0.2) is 36.2 Å². The Balaban J connectivity index is 2.57. The maximum Gasteiger partial charge on any atom is 0.0951 e. The Kier molecular flexibility index (Phi) is 3.29. The fourth-order valence-electron chi connectivity index (χ4n) is 1.59. The van der Waals surface area contributed by atoms with Crippen LogP contribution in [0.2, 0.25) is 0 Å². The van der Waals surface area contributed by atoms with Crippen molar-refractivity contribution in [3.63, 3.8) is 0 Å². The second-order valence-corrected chi connectivity index (χ2v) is 3.93. The highest BCUT2D eigenvalue weighted by molar-refractivity contribution is 4.93. The highest BCUT2D eigenvalue weighted by Crippen LogP contribution is 2.21. The summed E-state index contributed by atoms with van der Waals surface area (Å²) in [7, 11) is 0. The van der Waals surface area contributed by atoms with E-state index < -0.39 is 0 Å². The summed E-state index contributed by atoms with van der Waals surface area (Å²) in [6.45, 7) is 8.68. The third kappa shape index (κ3) is 2.43. The maximum atomic E-state index is 8.80. The molecule has 0 saturated carbocycles. The zero-order valence-electron chi connectivity index (χ0n) is 8.71. The van der Waals surface area contributed by atoms with Crippen LogP contribution in [0.15, 0.2) is 0 Å². The van der Waals surface area contributed by atoms with Crippen molar-refractivity contribution in [3.8, 4) is 6.07 Å². The molecule has 1 aliphatic rings. The van der Waals surface area contributed by atoms with Crippen molar-refractivity contribution >= 4 is 0 Å². The second kappa shape index (κ2) is 4.08. The van der Waals surface area contributed by atoms with Crippen LogP contribution in [0.25, 0.3) is 0 Å². The summed E-state index contributed by atoms with van der Waals surface area (Å²) in [5.74, 6) is 0. The average Bonchev–Trinajstić information content (AvgIpc) is 2.17. The van der Waals surface area contributed by atoms with E-state index in [9.17, 15) is 0 Å². The smallest absolute Gasteiger partial charge is 0.0951 e. The zero-order chi connectivity index (χ0) is 9.90. The molecule has 0 spiro atoms. The first-order chi connectivity index (χ1) is 6.11. The number of hydrogen-bond acceptors (Lipinski definition) is 3. The summed E-state index contributed by atoms with van der Waals surface area (Å²) >= 11 is 0. The van der Waals surface area contributed by atoms with Crippen molar-refractivity contribution in [2.75, 3.05) is 19.7 Å². The normalized spacial score (nSPS) is 32.5. The van der Waals surface area contributed by atoms with Crippen LogP contribution in [0, 0.1) is 11.3 Å². The second-order valence-electron chi connectivity index (χ2n) is 3.93. The maximum absolute atomic E-state index is 8.80. The van der Waals surface area contributed by atoms with E-state index in [4.69, 9.17) is 10.00 Å². The third-order valence-corrected chi connectivity index (χ3v) is 2.85. The van der Waals surface area contributed by atoms with E-state index in [2.05, 4.69) is 24.8 Å². The Morgan fingerprint density at radius 3 is 2.92 bits per heavy atom. The Morgan fingerprint density at radius 2 is 2.38 bits per heavy atom. The van der Waals surface area contributed by atoms with Crippen molar-refractivity contribution in [1.82, 2.24) is 4.90 Å². The van der Waals surface area contributed by atoms with E-state index in [1.165, 1.54) is 0 Å². The molecule has 1 fully saturated rings. The molecule has 0 N–H and O–H groups in total. The van der Waals surface area contributed by atoms with Crippen molar-refractivity contribution in [3.05, 3.63) is 0 Å². The lowest BCUT2D eigenvalue weighted by Gasteiger charge is -2.41. The average molecular weight is 182 g/mol. The van der Waals surface area contributed by atoms with Gasteiger partial charge in [0.1, 0.15) is 0 Å². The molecule has 0 aromatic rings. The van der Waals surface area contributed by atoms with Gasteiger partial charge in [-0.15, -0.1) is 0 Å². The molecule has 1 rings (SSSR count). The Bertz CT molecular complexity index is 211. The molecular formula is C10H18N2O. The fraction of sp³-hybridized carbons (Fsp3) is 0.900. The summed E-state index contributed by atoms with van der Waals surface area (Å²) < 4.78 is 5.69. The van der Waals surface area contributed by atoms with Gasteiger partial charge in [-0.2, -0.15) is 5.26 Å². The molecule has 0 aliphatic carbocycles. The van der Waals surface area contributed by atoms with Gasteiger partial charge in [0.05, 0.1) is 24.3 Å². The van der Waals surface area contributed by atoms with Gasteiger partial charge in [-0.3, -0.25) is 4.90 Å². The predicted molar refractivity (Wildman–Crippen MR) is 51.3 cm³/mol. The number of ether oxygens (including phenoxy) is 1. The quantitative estimate of drug-likeness (QED) is 0.647. The summed E-state index contributed by atoms with van der Waals surface area (Å²) in [6, 6.07) is 2.28. The topological polar surface area (TPSA) is 36.3 Å². The van der Waals surface area contributed by atoms with Gasteiger partial charge >= 0.3 is 0 Å². The molecular weight excluding hydrogens is 164 g/mol. The van der Waals surface area contributed by atoms with Gasteiger partial charge in [0.15, 0.2) is 0 Å². The molecule has 1 aliphatic heterocycles. The first-order valence-electron chi connectivity index (χ1n) is 4.89. The molecule has 0 bridgehead atoms. The minimum Gasteiger partial charge on any atom is -0.373 e. The molecule has 0 aromatic carbocycles. The van der Waals surface area contributed by atoms with Gasteiger partial charge in [0, 0.05) is 13.1 Å². The molecule has 2 unspecified atom stereocenters. The summed E-state index contributed by atoms with van der Waals surface area (Å²) in [6.07, 6.45) is 1.00. The number of nitrogens with zero attached hydrogens (tertiary/aromatic N) is 2. The van der Waals surface area contributed by atoms with Gasteiger partial charge in [-0.25, -0.2) is 0 Å². The lowest BCUT2D eigenvalue weighted by atomic mass is 10.0. The molecule has 3 heteroatoms. The van der Waals surface area contributed by atoms with Crippen LogP contribution in [0.1, 0.15) is 27.2 Å². The third-order valence-electron chi connectivity index (χ3n) is 2.85. The van der Waals surface area contributed by atoms with Crippen LogP contribution in [0.4, 0.5) is 0 Å². The number of morpholine rings is 1. The summed E-state index contributed by atoms with van der Waals surface area (Å²) in [5.41, 5.74) is -0.0522. The van der Waals surface area contributed by atoms with E-state index in [0.29, 0.717) is 0 Å². The number of hydrogen-bond donors (Lipinski definition) is 0. The van der Waals surface area contributed by atoms with Crippen molar-refractivity contribution in [1.29, 1.82) is 5.26 Å². The monoisotopic (exact) mass is 182 g/mol. The molecule has 0 aromatic heterocycles. The van der Waals surface area contributed by atoms with Crippen LogP contribution >= 0.6 is 0 Å². The van der Waals surface area contributed by atoms with Gasteiger partial charge < -0.3 is 4.74 Å². The minimum absolute atomic E-state index is 0.00905. The van der Waals surface area contributed by atoms with Crippen LogP contribution < -0.4 is 0 Å². The molecule has 13 heavy (non-hydrogen) atoms. The van der Waals surface area contributed by atoms with E-state index >= 15 is 0 Å². The highest BCUT2D eigenvalue weighted by Gasteiger charge is 2.32. The number of nitriles is 1. The van der Waals surface area contributed by atoms with E-state index in [-0.39, 0.29) is 11.6 Å². The fourth-order valence-corrected chi connectivity index (χ4v) is 1.59. The lowest BCUT2D eigenvalue weighted by Crippen LogP contribution is -2.52. The van der Waals surface area contributed by atoms with Crippen molar-refractivity contribution in [2.24, 2.45) is 0 Å². The van der Waals surface area contributed by atoms with Crippen LogP contribution in [0.5, 0.6) is 0 Å². The van der Waals surface area contributed by atoms with Gasteiger partial charge in [-0.1, -0.05) is 6.92 Å². The van der Waals surface area contributed by atoms with E-state index in [1.807, 2.05) is 6.92 Å². The first-order valence-corrected chi connectivity index (χ1v) is 4.89.